The second-order valence-corrected chi connectivity index (χ2v) is 5.01. The molecule has 0 amide bonds. The molecule has 0 saturated heterocycles. The van der Waals surface area contributed by atoms with Crippen molar-refractivity contribution in [3.8, 4) is 0 Å². The molecule has 15 heavy (non-hydrogen) atoms. The quantitative estimate of drug-likeness (QED) is 0.822. The highest BCUT2D eigenvalue weighted by Gasteiger charge is 2.32. The molecule has 0 fully saturated rings. The summed E-state index contributed by atoms with van der Waals surface area (Å²) in [5, 5.41) is 0. The summed E-state index contributed by atoms with van der Waals surface area (Å²) in [6.45, 7) is 5.30. The molecule has 0 aliphatic carbocycles. The number of nitrogens with two attached hydrogens (primary N) is 1. The molecule has 0 radical (unpaired) electrons. The molecule has 0 aliphatic heterocycles. The van der Waals surface area contributed by atoms with E-state index in [1.54, 1.807) is 6.92 Å². The molecule has 1 unspecified atom stereocenters. The molecule has 1 nitrogen and oxygen atoms in total. The van der Waals surface area contributed by atoms with Gasteiger partial charge in [-0.3, -0.25) is 0 Å². The number of hydrogen-bond acceptors (Lipinski definition) is 1. The molecule has 4 heteroatoms. The molecule has 0 spiro atoms. The third-order valence-electron chi connectivity index (χ3n) is 2.78. The highest BCUT2D eigenvalue weighted by molar-refractivity contribution is 9.10. The zero-order valence-electron chi connectivity index (χ0n) is 8.94. The molecule has 0 bridgehead atoms. The van der Waals surface area contributed by atoms with Gasteiger partial charge in [-0.2, -0.15) is 0 Å². The topological polar surface area (TPSA) is 26.0 Å². The van der Waals surface area contributed by atoms with Crippen LogP contribution < -0.4 is 5.73 Å². The van der Waals surface area contributed by atoms with E-state index in [4.69, 9.17) is 5.73 Å². The lowest BCUT2D eigenvalue weighted by Crippen LogP contribution is -2.40. The number of halogens is 3. The van der Waals surface area contributed by atoms with Crippen molar-refractivity contribution in [2.24, 2.45) is 11.7 Å². The zero-order valence-corrected chi connectivity index (χ0v) is 10.5. The summed E-state index contributed by atoms with van der Waals surface area (Å²) in [5.41, 5.74) is 4.87. The molecular weight excluding hydrogens is 264 g/mol. The van der Waals surface area contributed by atoms with Gasteiger partial charge in [0, 0.05) is 11.1 Å². The van der Waals surface area contributed by atoms with E-state index >= 15 is 0 Å². The van der Waals surface area contributed by atoms with Crippen LogP contribution in [0.1, 0.15) is 26.3 Å². The van der Waals surface area contributed by atoms with Gasteiger partial charge in [-0.05, 0) is 40.9 Å². The molecule has 1 rings (SSSR count). The second-order valence-electron chi connectivity index (χ2n) is 4.16. The van der Waals surface area contributed by atoms with Gasteiger partial charge in [0.2, 0.25) is 0 Å². The maximum atomic E-state index is 13.8. The monoisotopic (exact) mass is 277 g/mol. The van der Waals surface area contributed by atoms with Gasteiger partial charge < -0.3 is 5.73 Å². The summed E-state index contributed by atoms with van der Waals surface area (Å²) in [5.74, 6) is -1.28. The van der Waals surface area contributed by atoms with E-state index in [0.29, 0.717) is 0 Å². The molecule has 0 saturated carbocycles. The Hall–Kier alpha value is -0.480. The molecule has 1 atom stereocenters. The smallest absolute Gasteiger partial charge is 0.145 e. The van der Waals surface area contributed by atoms with E-state index in [2.05, 4.69) is 15.9 Å². The minimum absolute atomic E-state index is 0.0594. The first-order valence-corrected chi connectivity index (χ1v) is 5.50. The van der Waals surface area contributed by atoms with Crippen LogP contribution in [-0.4, -0.2) is 0 Å². The lowest BCUT2D eigenvalue weighted by atomic mass is 9.82. The first-order valence-electron chi connectivity index (χ1n) is 4.71. The maximum absolute atomic E-state index is 13.8. The van der Waals surface area contributed by atoms with E-state index in [9.17, 15) is 8.78 Å². The van der Waals surface area contributed by atoms with Crippen molar-refractivity contribution < 1.29 is 8.78 Å². The number of benzene rings is 1. The minimum Gasteiger partial charge on any atom is -0.321 e. The van der Waals surface area contributed by atoms with Gasteiger partial charge in [0.25, 0.3) is 0 Å². The third-order valence-corrected chi connectivity index (χ3v) is 3.39. The van der Waals surface area contributed by atoms with Crippen molar-refractivity contribution in [1.82, 2.24) is 0 Å². The van der Waals surface area contributed by atoms with Crippen molar-refractivity contribution in [2.45, 2.75) is 26.3 Å². The Bertz CT molecular complexity index is 375. The standard InChI is InChI=1S/C11H14BrF2N/c1-6(2)11(3,15)9-8(13)5-4-7(12)10(9)14/h4-6H,15H2,1-3H3. The fraction of sp³-hybridized carbons (Fsp3) is 0.455. The predicted molar refractivity (Wildman–Crippen MR) is 60.4 cm³/mol. The Morgan fingerprint density at radius 3 is 2.33 bits per heavy atom. The number of hydrogen-bond donors (Lipinski definition) is 1. The van der Waals surface area contributed by atoms with Crippen LogP contribution in [0.15, 0.2) is 16.6 Å². The van der Waals surface area contributed by atoms with E-state index in [-0.39, 0.29) is 16.0 Å². The molecule has 84 valence electrons. The van der Waals surface area contributed by atoms with Crippen LogP contribution >= 0.6 is 15.9 Å². The van der Waals surface area contributed by atoms with Crippen LogP contribution in [-0.2, 0) is 5.54 Å². The molecule has 0 aromatic heterocycles. The van der Waals surface area contributed by atoms with Crippen LogP contribution in [0.5, 0.6) is 0 Å². The fourth-order valence-corrected chi connectivity index (χ4v) is 1.64. The van der Waals surface area contributed by atoms with E-state index in [1.807, 2.05) is 13.8 Å². The molecule has 0 heterocycles. The lowest BCUT2D eigenvalue weighted by molar-refractivity contribution is 0.321. The van der Waals surface area contributed by atoms with Gasteiger partial charge in [0.1, 0.15) is 11.6 Å². The van der Waals surface area contributed by atoms with Crippen molar-refractivity contribution >= 4 is 15.9 Å². The van der Waals surface area contributed by atoms with E-state index in [0.717, 1.165) is 0 Å². The Morgan fingerprint density at radius 1 is 1.33 bits per heavy atom. The highest BCUT2D eigenvalue weighted by atomic mass is 79.9. The summed E-state index contributed by atoms with van der Waals surface area (Å²) in [6, 6.07) is 2.56. The van der Waals surface area contributed by atoms with Gasteiger partial charge in [-0.15, -0.1) is 0 Å². The Morgan fingerprint density at radius 2 is 1.87 bits per heavy atom. The average Bonchev–Trinajstić information content (AvgIpc) is 2.11. The van der Waals surface area contributed by atoms with Gasteiger partial charge in [-0.25, -0.2) is 8.78 Å². The highest BCUT2D eigenvalue weighted by Crippen LogP contribution is 2.33. The molecular formula is C11H14BrF2N. The molecule has 2 N–H and O–H groups in total. The van der Waals surface area contributed by atoms with Crippen LogP contribution in [0.2, 0.25) is 0 Å². The van der Waals surface area contributed by atoms with E-state index in [1.165, 1.54) is 12.1 Å². The molecule has 0 aliphatic rings. The third kappa shape index (κ3) is 2.21. The summed E-state index contributed by atoms with van der Waals surface area (Å²) >= 11 is 3.02. The normalized spacial score (nSPS) is 15.5. The predicted octanol–water partition coefficient (Wildman–Crippen LogP) is 3.56. The largest absolute Gasteiger partial charge is 0.321 e. The van der Waals surface area contributed by atoms with Crippen LogP contribution in [0.3, 0.4) is 0 Å². The fourth-order valence-electron chi connectivity index (χ4n) is 1.31. The van der Waals surface area contributed by atoms with Crippen molar-refractivity contribution in [1.29, 1.82) is 0 Å². The second kappa shape index (κ2) is 4.18. The average molecular weight is 278 g/mol. The van der Waals surface area contributed by atoms with Crippen molar-refractivity contribution in [3.05, 3.63) is 33.8 Å². The number of rotatable bonds is 2. The summed E-state index contributed by atoms with van der Waals surface area (Å²) < 4.78 is 27.5. The summed E-state index contributed by atoms with van der Waals surface area (Å²) in [7, 11) is 0. The van der Waals surface area contributed by atoms with Crippen molar-refractivity contribution in [3.63, 3.8) is 0 Å². The summed E-state index contributed by atoms with van der Waals surface area (Å²) in [6.07, 6.45) is 0. The Balaban J connectivity index is 3.42. The maximum Gasteiger partial charge on any atom is 0.145 e. The molecule has 1 aromatic carbocycles. The molecule has 1 aromatic rings. The minimum atomic E-state index is -1.02. The van der Waals surface area contributed by atoms with Gasteiger partial charge >= 0.3 is 0 Å². The van der Waals surface area contributed by atoms with Gasteiger partial charge in [0.05, 0.1) is 4.47 Å². The zero-order chi connectivity index (χ0) is 11.8. The van der Waals surface area contributed by atoms with Crippen LogP contribution in [0.25, 0.3) is 0 Å². The first kappa shape index (κ1) is 12.6. The Kier molecular flexibility index (Phi) is 3.51. The SMILES string of the molecule is CC(C)C(C)(N)c1c(F)ccc(Br)c1F. The first-order chi connectivity index (χ1) is 6.78. The van der Waals surface area contributed by atoms with E-state index < -0.39 is 17.2 Å². The lowest BCUT2D eigenvalue weighted by Gasteiger charge is -2.30. The van der Waals surface area contributed by atoms with Crippen LogP contribution in [0, 0.1) is 17.6 Å². The van der Waals surface area contributed by atoms with Gasteiger partial charge in [-0.1, -0.05) is 13.8 Å². The summed E-state index contributed by atoms with van der Waals surface area (Å²) in [4.78, 5) is 0. The van der Waals surface area contributed by atoms with Crippen LogP contribution in [0.4, 0.5) is 8.78 Å². The Labute approximate surface area is 96.8 Å². The van der Waals surface area contributed by atoms with Gasteiger partial charge in [0.15, 0.2) is 0 Å². The van der Waals surface area contributed by atoms with Crippen molar-refractivity contribution in [2.75, 3.05) is 0 Å².